The molecule has 0 unspecified atom stereocenters. The molecule has 0 spiro atoms. The topological polar surface area (TPSA) is 34.1 Å². The highest BCUT2D eigenvalue weighted by atomic mass is 35.5. The van der Waals surface area contributed by atoms with Crippen molar-refractivity contribution in [1.29, 1.82) is 0 Å². The molecule has 0 atom stereocenters. The van der Waals surface area contributed by atoms with Crippen molar-refractivity contribution in [2.75, 3.05) is 17.9 Å². The number of allylic oxidation sites excluding steroid dienone is 1. The monoisotopic (exact) mass is 182 g/mol. The van der Waals surface area contributed by atoms with Crippen molar-refractivity contribution in [1.82, 2.24) is 0 Å². The Morgan fingerprint density at radius 3 is 2.40 bits per heavy atom. The normalized spacial score (nSPS) is 13.7. The minimum absolute atomic E-state index is 0.111. The van der Waals surface area contributed by atoms with E-state index < -0.39 is 9.84 Å². The van der Waals surface area contributed by atoms with Crippen molar-refractivity contribution >= 4 is 21.4 Å². The molecule has 0 N–H and O–H groups in total. The second-order valence-corrected chi connectivity index (χ2v) is 4.72. The number of sulfone groups is 1. The minimum atomic E-state index is -2.87. The molecule has 0 fully saturated rings. The third-order valence-electron chi connectivity index (χ3n) is 0.915. The fourth-order valence-electron chi connectivity index (χ4n) is 0.604. The first-order chi connectivity index (χ1) is 4.45. The first-order valence-corrected chi connectivity index (χ1v) is 5.44. The summed E-state index contributed by atoms with van der Waals surface area (Å²) in [5.41, 5.74) is 0.803. The average molecular weight is 183 g/mol. The molecule has 60 valence electrons. The maximum atomic E-state index is 10.6. The van der Waals surface area contributed by atoms with E-state index in [0.717, 1.165) is 5.57 Å². The highest BCUT2D eigenvalue weighted by Gasteiger charge is 2.01. The van der Waals surface area contributed by atoms with Crippen LogP contribution in [-0.4, -0.2) is 26.3 Å². The predicted molar refractivity (Wildman–Crippen MR) is 44.2 cm³/mol. The molecule has 0 aliphatic rings. The van der Waals surface area contributed by atoms with E-state index in [1.165, 1.54) is 6.26 Å². The van der Waals surface area contributed by atoms with Gasteiger partial charge in [-0.05, 0) is 6.92 Å². The van der Waals surface area contributed by atoms with Gasteiger partial charge in [-0.1, -0.05) is 11.6 Å². The van der Waals surface area contributed by atoms with Crippen LogP contribution in [0.25, 0.3) is 0 Å². The smallest absolute Gasteiger partial charge is 0.151 e. The van der Waals surface area contributed by atoms with E-state index in [1.807, 2.05) is 0 Å². The zero-order chi connectivity index (χ0) is 8.20. The van der Waals surface area contributed by atoms with Crippen molar-refractivity contribution in [3.05, 3.63) is 11.6 Å². The summed E-state index contributed by atoms with van der Waals surface area (Å²) in [7, 11) is -2.87. The fraction of sp³-hybridized carbons (Fsp3) is 0.667. The lowest BCUT2D eigenvalue weighted by Gasteiger charge is -1.95. The Hall–Kier alpha value is -0.0200. The van der Waals surface area contributed by atoms with E-state index in [1.54, 1.807) is 13.0 Å². The average Bonchev–Trinajstić information content (AvgIpc) is 1.59. The van der Waals surface area contributed by atoms with Gasteiger partial charge in [0.1, 0.15) is 0 Å². The van der Waals surface area contributed by atoms with Gasteiger partial charge in [0.25, 0.3) is 0 Å². The molecule has 0 aliphatic heterocycles. The van der Waals surface area contributed by atoms with E-state index in [-0.39, 0.29) is 5.75 Å². The van der Waals surface area contributed by atoms with Crippen LogP contribution in [0.3, 0.4) is 0 Å². The highest BCUT2D eigenvalue weighted by molar-refractivity contribution is 7.90. The lowest BCUT2D eigenvalue weighted by atomic mass is 10.3. The molecular weight excluding hydrogens is 172 g/mol. The van der Waals surface area contributed by atoms with Crippen LogP contribution in [0.2, 0.25) is 0 Å². The minimum Gasteiger partial charge on any atom is -0.229 e. The molecule has 0 saturated heterocycles. The molecule has 0 aromatic carbocycles. The van der Waals surface area contributed by atoms with E-state index >= 15 is 0 Å². The van der Waals surface area contributed by atoms with Crippen molar-refractivity contribution in [3.8, 4) is 0 Å². The molecule has 4 heteroatoms. The van der Waals surface area contributed by atoms with Gasteiger partial charge in [0, 0.05) is 12.1 Å². The van der Waals surface area contributed by atoms with Crippen molar-refractivity contribution in [2.24, 2.45) is 0 Å². The van der Waals surface area contributed by atoms with Gasteiger partial charge in [-0.2, -0.15) is 0 Å². The Labute approximate surface area is 66.8 Å². The van der Waals surface area contributed by atoms with Gasteiger partial charge in [0.05, 0.1) is 5.75 Å². The lowest BCUT2D eigenvalue weighted by molar-refractivity contribution is 0.604. The first-order valence-electron chi connectivity index (χ1n) is 2.85. The van der Waals surface area contributed by atoms with Gasteiger partial charge < -0.3 is 0 Å². The summed E-state index contributed by atoms with van der Waals surface area (Å²) in [6.07, 6.45) is 2.90. The maximum Gasteiger partial charge on any atom is 0.151 e. The summed E-state index contributed by atoms with van der Waals surface area (Å²) >= 11 is 5.35. The van der Waals surface area contributed by atoms with Crippen LogP contribution in [0, 0.1) is 0 Å². The van der Waals surface area contributed by atoms with Gasteiger partial charge in [-0.15, -0.1) is 11.6 Å². The molecule has 0 radical (unpaired) electrons. The Kier molecular flexibility index (Phi) is 3.98. The number of hydrogen-bond acceptors (Lipinski definition) is 2. The van der Waals surface area contributed by atoms with Crippen LogP contribution in [0.15, 0.2) is 11.6 Å². The zero-order valence-corrected chi connectivity index (χ0v) is 7.67. The highest BCUT2D eigenvalue weighted by Crippen LogP contribution is 1.97. The van der Waals surface area contributed by atoms with E-state index in [4.69, 9.17) is 11.6 Å². The number of halogens is 1. The maximum absolute atomic E-state index is 10.6. The number of hydrogen-bond donors (Lipinski definition) is 0. The summed E-state index contributed by atoms with van der Waals surface area (Å²) in [5.74, 6) is 0.487. The molecular formula is C6H11ClO2S. The van der Waals surface area contributed by atoms with Crippen molar-refractivity contribution in [3.63, 3.8) is 0 Å². The summed E-state index contributed by atoms with van der Waals surface area (Å²) in [4.78, 5) is 0. The van der Waals surface area contributed by atoms with Gasteiger partial charge in [0.2, 0.25) is 0 Å². The Balaban J connectivity index is 4.05. The number of alkyl halides is 1. The largest absolute Gasteiger partial charge is 0.229 e. The van der Waals surface area contributed by atoms with Gasteiger partial charge in [-0.3, -0.25) is 0 Å². The Bertz CT molecular complexity index is 216. The summed E-state index contributed by atoms with van der Waals surface area (Å²) in [6.45, 7) is 1.75. The second-order valence-electron chi connectivity index (χ2n) is 2.27. The molecule has 0 aromatic heterocycles. The van der Waals surface area contributed by atoms with Gasteiger partial charge in [0.15, 0.2) is 9.84 Å². The Morgan fingerprint density at radius 1 is 1.60 bits per heavy atom. The van der Waals surface area contributed by atoms with Crippen LogP contribution in [-0.2, 0) is 9.84 Å². The predicted octanol–water partition coefficient (Wildman–Crippen LogP) is 1.22. The molecule has 2 nitrogen and oxygen atoms in total. The standard InChI is InChI=1S/C6H11ClO2S/c1-6(3-4-7)5-10(2,8)9/h3H,4-5H2,1-2H3. The molecule has 0 aromatic rings. The first kappa shape index (κ1) is 9.98. The van der Waals surface area contributed by atoms with Crippen LogP contribution in [0.1, 0.15) is 6.92 Å². The molecule has 0 bridgehead atoms. The van der Waals surface area contributed by atoms with Crippen LogP contribution >= 0.6 is 11.6 Å². The summed E-state index contributed by atoms with van der Waals surface area (Å²) in [6, 6.07) is 0. The van der Waals surface area contributed by atoms with E-state index in [9.17, 15) is 8.42 Å². The van der Waals surface area contributed by atoms with Gasteiger partial charge >= 0.3 is 0 Å². The zero-order valence-electron chi connectivity index (χ0n) is 6.09. The fourth-order valence-corrected chi connectivity index (χ4v) is 1.81. The second kappa shape index (κ2) is 3.98. The third kappa shape index (κ3) is 6.11. The summed E-state index contributed by atoms with van der Waals surface area (Å²) < 4.78 is 21.3. The van der Waals surface area contributed by atoms with E-state index in [0.29, 0.717) is 5.88 Å². The quantitative estimate of drug-likeness (QED) is 0.486. The molecule has 0 heterocycles. The molecule has 0 rings (SSSR count). The van der Waals surface area contributed by atoms with Crippen LogP contribution in [0.5, 0.6) is 0 Å². The molecule has 0 saturated carbocycles. The van der Waals surface area contributed by atoms with Gasteiger partial charge in [-0.25, -0.2) is 8.42 Å². The van der Waals surface area contributed by atoms with Crippen molar-refractivity contribution < 1.29 is 8.42 Å². The number of rotatable bonds is 3. The van der Waals surface area contributed by atoms with Crippen LogP contribution < -0.4 is 0 Å². The molecule has 0 amide bonds. The van der Waals surface area contributed by atoms with E-state index in [2.05, 4.69) is 0 Å². The molecule has 10 heavy (non-hydrogen) atoms. The third-order valence-corrected chi connectivity index (χ3v) is 2.05. The lowest BCUT2D eigenvalue weighted by Crippen LogP contribution is -2.03. The van der Waals surface area contributed by atoms with Crippen molar-refractivity contribution in [2.45, 2.75) is 6.92 Å². The Morgan fingerprint density at radius 2 is 2.10 bits per heavy atom. The summed E-state index contributed by atoms with van der Waals surface area (Å²) in [5, 5.41) is 0. The SMILES string of the molecule is CC(=CCCl)CS(C)(=O)=O. The molecule has 0 aliphatic carbocycles. The van der Waals surface area contributed by atoms with Crippen LogP contribution in [0.4, 0.5) is 0 Å².